The monoisotopic (exact) mass is 311 g/mol. The highest BCUT2D eigenvalue weighted by Gasteiger charge is 2.25. The zero-order valence-corrected chi connectivity index (χ0v) is 12.2. The zero-order valence-electron chi connectivity index (χ0n) is 11.4. The van der Waals surface area contributed by atoms with Gasteiger partial charge in [0.05, 0.1) is 5.56 Å². The number of carboxylic acid groups (broad SMARTS) is 2. The Kier molecular flexibility index (Phi) is 4.95. The van der Waals surface area contributed by atoms with Crippen LogP contribution in [0.25, 0.3) is 0 Å². The Morgan fingerprint density at radius 2 is 1.95 bits per heavy atom. The molecule has 0 aromatic carbocycles. The molecule has 1 amide bonds. The molecule has 114 valence electrons. The Balaban J connectivity index is 2.06. The number of rotatable bonds is 6. The fraction of sp³-hybridized carbons (Fsp3) is 0.500. The lowest BCUT2D eigenvalue weighted by Crippen LogP contribution is -2.41. The topological polar surface area (TPSA) is 104 Å². The molecule has 1 aromatic rings. The molecule has 1 aliphatic rings. The lowest BCUT2D eigenvalue weighted by atomic mass is 9.95. The summed E-state index contributed by atoms with van der Waals surface area (Å²) in [6, 6.07) is -1.17. The minimum atomic E-state index is -1.21. The first-order chi connectivity index (χ1) is 9.99. The molecule has 1 atom stereocenters. The van der Waals surface area contributed by atoms with Crippen molar-refractivity contribution < 1.29 is 24.6 Å². The standard InChI is InChI=1S/C14H17NO5S/c16-12(17)6-5-10(14(19)20)15-13(18)9-7-21-11-4-2-1-3-8(9)11/h7,10H,1-6H2,(H,15,18)(H,16,17)(H,19,20). The highest BCUT2D eigenvalue weighted by atomic mass is 32.1. The minimum absolute atomic E-state index is 0.122. The van der Waals surface area contributed by atoms with Crippen LogP contribution in [-0.2, 0) is 22.4 Å². The van der Waals surface area contributed by atoms with E-state index in [1.807, 2.05) is 0 Å². The molecule has 3 N–H and O–H groups in total. The van der Waals surface area contributed by atoms with E-state index in [9.17, 15) is 14.4 Å². The molecule has 0 spiro atoms. The number of carbonyl (C=O) groups is 3. The molecule has 0 radical (unpaired) electrons. The van der Waals surface area contributed by atoms with Gasteiger partial charge in [0.2, 0.25) is 0 Å². The first-order valence-electron chi connectivity index (χ1n) is 6.83. The van der Waals surface area contributed by atoms with Gasteiger partial charge >= 0.3 is 11.9 Å². The van der Waals surface area contributed by atoms with Crippen molar-refractivity contribution in [2.24, 2.45) is 0 Å². The Bertz CT molecular complexity index is 566. The second-order valence-electron chi connectivity index (χ2n) is 5.05. The van der Waals surface area contributed by atoms with Crippen molar-refractivity contribution in [1.82, 2.24) is 5.32 Å². The van der Waals surface area contributed by atoms with E-state index in [2.05, 4.69) is 5.32 Å². The van der Waals surface area contributed by atoms with Gasteiger partial charge in [0.15, 0.2) is 0 Å². The number of aryl methyl sites for hydroxylation is 1. The third-order valence-electron chi connectivity index (χ3n) is 3.56. The molecule has 1 aromatic heterocycles. The number of carboxylic acids is 2. The van der Waals surface area contributed by atoms with Gasteiger partial charge in [0.1, 0.15) is 6.04 Å². The van der Waals surface area contributed by atoms with Crippen LogP contribution in [0.1, 0.15) is 46.5 Å². The molecule has 0 saturated heterocycles. The first-order valence-corrected chi connectivity index (χ1v) is 7.71. The third-order valence-corrected chi connectivity index (χ3v) is 4.64. The van der Waals surface area contributed by atoms with Gasteiger partial charge in [-0.15, -0.1) is 11.3 Å². The van der Waals surface area contributed by atoms with Crippen LogP contribution in [0.3, 0.4) is 0 Å². The Labute approximate surface area is 125 Å². The van der Waals surface area contributed by atoms with Crippen molar-refractivity contribution in [3.05, 3.63) is 21.4 Å². The number of thiophene rings is 1. The quantitative estimate of drug-likeness (QED) is 0.741. The molecule has 2 rings (SSSR count). The summed E-state index contributed by atoms with van der Waals surface area (Å²) in [6.45, 7) is 0. The maximum Gasteiger partial charge on any atom is 0.326 e. The predicted molar refractivity (Wildman–Crippen MR) is 76.7 cm³/mol. The molecule has 0 fully saturated rings. The summed E-state index contributed by atoms with van der Waals surface area (Å²) in [7, 11) is 0. The minimum Gasteiger partial charge on any atom is -0.481 e. The number of hydrogen-bond donors (Lipinski definition) is 3. The first kappa shape index (κ1) is 15.5. The highest BCUT2D eigenvalue weighted by molar-refractivity contribution is 7.10. The maximum absolute atomic E-state index is 12.2. The molecule has 1 heterocycles. The van der Waals surface area contributed by atoms with E-state index in [0.717, 1.165) is 31.2 Å². The summed E-state index contributed by atoms with van der Waals surface area (Å²) in [5.41, 5.74) is 1.56. The van der Waals surface area contributed by atoms with Gasteiger partial charge in [-0.3, -0.25) is 9.59 Å². The molecule has 21 heavy (non-hydrogen) atoms. The van der Waals surface area contributed by atoms with E-state index in [1.165, 1.54) is 16.2 Å². The molecule has 0 saturated carbocycles. The highest BCUT2D eigenvalue weighted by Crippen LogP contribution is 2.30. The lowest BCUT2D eigenvalue weighted by molar-refractivity contribution is -0.140. The number of aliphatic carboxylic acids is 2. The SMILES string of the molecule is O=C(O)CCC(NC(=O)c1csc2c1CCCC2)C(=O)O. The fourth-order valence-corrected chi connectivity index (χ4v) is 3.57. The van der Waals surface area contributed by atoms with Crippen LogP contribution in [0.2, 0.25) is 0 Å². The van der Waals surface area contributed by atoms with Crippen LogP contribution in [0.5, 0.6) is 0 Å². The van der Waals surface area contributed by atoms with Crippen LogP contribution in [0, 0.1) is 0 Å². The van der Waals surface area contributed by atoms with Gasteiger partial charge in [-0.1, -0.05) is 0 Å². The lowest BCUT2D eigenvalue weighted by Gasteiger charge is -2.16. The Morgan fingerprint density at radius 3 is 2.62 bits per heavy atom. The van der Waals surface area contributed by atoms with Crippen molar-refractivity contribution in [1.29, 1.82) is 0 Å². The molecular weight excluding hydrogens is 294 g/mol. The number of nitrogens with one attached hydrogen (secondary N) is 1. The second-order valence-corrected chi connectivity index (χ2v) is 6.02. The van der Waals surface area contributed by atoms with Crippen molar-refractivity contribution in [3.63, 3.8) is 0 Å². The van der Waals surface area contributed by atoms with E-state index in [4.69, 9.17) is 10.2 Å². The number of fused-ring (bicyclic) bond motifs is 1. The van der Waals surface area contributed by atoms with Crippen molar-refractivity contribution in [2.45, 2.75) is 44.6 Å². The van der Waals surface area contributed by atoms with Crippen LogP contribution in [-0.4, -0.2) is 34.1 Å². The van der Waals surface area contributed by atoms with Crippen molar-refractivity contribution in [2.75, 3.05) is 0 Å². The summed E-state index contributed by atoms with van der Waals surface area (Å²) >= 11 is 1.53. The van der Waals surface area contributed by atoms with E-state index in [0.29, 0.717) is 5.56 Å². The second kappa shape index (κ2) is 6.71. The summed E-state index contributed by atoms with van der Waals surface area (Å²) in [6.07, 6.45) is 3.54. The molecule has 0 bridgehead atoms. The molecule has 6 nitrogen and oxygen atoms in total. The third kappa shape index (κ3) is 3.81. The molecular formula is C14H17NO5S. The smallest absolute Gasteiger partial charge is 0.326 e. The summed E-state index contributed by atoms with van der Waals surface area (Å²) < 4.78 is 0. The van der Waals surface area contributed by atoms with Gasteiger partial charge < -0.3 is 15.5 Å². The van der Waals surface area contributed by atoms with Crippen molar-refractivity contribution >= 4 is 29.2 Å². The van der Waals surface area contributed by atoms with Gasteiger partial charge in [0.25, 0.3) is 5.91 Å². The number of hydrogen-bond acceptors (Lipinski definition) is 4. The van der Waals surface area contributed by atoms with Gasteiger partial charge in [-0.25, -0.2) is 4.79 Å². The Morgan fingerprint density at radius 1 is 1.24 bits per heavy atom. The van der Waals surface area contributed by atoms with Gasteiger partial charge in [-0.05, 0) is 37.7 Å². The van der Waals surface area contributed by atoms with E-state index < -0.39 is 23.9 Å². The van der Waals surface area contributed by atoms with E-state index in [-0.39, 0.29) is 12.8 Å². The molecule has 1 aliphatic carbocycles. The summed E-state index contributed by atoms with van der Waals surface area (Å²) in [5, 5.41) is 21.9. The average molecular weight is 311 g/mol. The van der Waals surface area contributed by atoms with Gasteiger partial charge in [0, 0.05) is 16.7 Å². The number of carbonyl (C=O) groups excluding carboxylic acids is 1. The Hall–Kier alpha value is -1.89. The van der Waals surface area contributed by atoms with Crippen LogP contribution >= 0.6 is 11.3 Å². The van der Waals surface area contributed by atoms with E-state index >= 15 is 0 Å². The normalized spacial score (nSPS) is 15.0. The summed E-state index contributed by atoms with van der Waals surface area (Å²) in [5.74, 6) is -2.72. The van der Waals surface area contributed by atoms with Crippen LogP contribution in [0.4, 0.5) is 0 Å². The van der Waals surface area contributed by atoms with Crippen LogP contribution in [0.15, 0.2) is 5.38 Å². The number of amides is 1. The molecule has 7 heteroatoms. The predicted octanol–water partition coefficient (Wildman–Crippen LogP) is 1.67. The molecule has 1 unspecified atom stereocenters. The fourth-order valence-electron chi connectivity index (χ4n) is 2.45. The van der Waals surface area contributed by atoms with Crippen LogP contribution < -0.4 is 5.32 Å². The summed E-state index contributed by atoms with van der Waals surface area (Å²) in [4.78, 5) is 35.0. The molecule has 0 aliphatic heterocycles. The van der Waals surface area contributed by atoms with E-state index in [1.54, 1.807) is 5.38 Å². The maximum atomic E-state index is 12.2. The van der Waals surface area contributed by atoms with Gasteiger partial charge in [-0.2, -0.15) is 0 Å². The zero-order chi connectivity index (χ0) is 15.4. The van der Waals surface area contributed by atoms with Crippen molar-refractivity contribution in [3.8, 4) is 0 Å². The largest absolute Gasteiger partial charge is 0.481 e. The average Bonchev–Trinajstić information content (AvgIpc) is 2.86.